The molecule has 2 fully saturated rings. The van der Waals surface area contributed by atoms with E-state index in [1.165, 1.54) is 91.0 Å². The van der Waals surface area contributed by atoms with Crippen molar-refractivity contribution in [2.24, 2.45) is 0 Å². The largest absolute Gasteiger partial charge is 0.303 e. The molecule has 0 amide bonds. The molecular formula is C18H32N4. The maximum atomic E-state index is 3.57. The lowest BCUT2D eigenvalue weighted by Gasteiger charge is -2.24. The van der Waals surface area contributed by atoms with Gasteiger partial charge in [-0.1, -0.05) is 12.2 Å². The van der Waals surface area contributed by atoms with E-state index >= 15 is 0 Å². The molecule has 3 aliphatic rings. The normalized spacial score (nSPS) is 25.5. The molecule has 0 unspecified atom stereocenters. The van der Waals surface area contributed by atoms with Crippen molar-refractivity contribution in [1.82, 2.24) is 19.6 Å². The zero-order valence-electron chi connectivity index (χ0n) is 14.1. The van der Waals surface area contributed by atoms with Crippen LogP contribution >= 0.6 is 0 Å². The highest BCUT2D eigenvalue weighted by atomic mass is 15.4. The van der Waals surface area contributed by atoms with Gasteiger partial charge in [-0.2, -0.15) is 0 Å². The predicted octanol–water partition coefficient (Wildman–Crippen LogP) is 1.74. The van der Waals surface area contributed by atoms with Crippen LogP contribution in [0.1, 0.15) is 32.1 Å². The second-order valence-electron chi connectivity index (χ2n) is 6.89. The Morgan fingerprint density at radius 1 is 0.682 bits per heavy atom. The molecule has 0 saturated carbocycles. The molecule has 0 bridgehead atoms. The van der Waals surface area contributed by atoms with Crippen LogP contribution in [0.4, 0.5) is 0 Å². The van der Waals surface area contributed by atoms with Crippen LogP contribution in [-0.4, -0.2) is 85.0 Å². The lowest BCUT2D eigenvalue weighted by atomic mass is 10.2. The summed E-state index contributed by atoms with van der Waals surface area (Å²) in [6.45, 7) is 15.8. The second-order valence-corrected chi connectivity index (χ2v) is 6.89. The van der Waals surface area contributed by atoms with E-state index in [0.717, 1.165) is 6.54 Å². The van der Waals surface area contributed by atoms with Gasteiger partial charge in [0.2, 0.25) is 0 Å². The van der Waals surface area contributed by atoms with E-state index in [2.05, 4.69) is 38.4 Å². The number of likely N-dealkylation sites (tertiary alicyclic amines) is 1. The third kappa shape index (κ3) is 5.34. The number of hydrogen-bond donors (Lipinski definition) is 0. The summed E-state index contributed by atoms with van der Waals surface area (Å²) < 4.78 is 0. The maximum Gasteiger partial charge on any atom is 0.146 e. The van der Waals surface area contributed by atoms with Crippen LogP contribution in [-0.2, 0) is 0 Å². The van der Waals surface area contributed by atoms with Gasteiger partial charge in [0, 0.05) is 39.3 Å². The molecule has 0 aromatic rings. The number of hydrogen-bond acceptors (Lipinski definition) is 4. The average molecular weight is 304 g/mol. The highest BCUT2D eigenvalue weighted by Crippen LogP contribution is 2.13. The smallest absolute Gasteiger partial charge is 0.146 e. The van der Waals surface area contributed by atoms with Crippen molar-refractivity contribution < 1.29 is 0 Å². The topological polar surface area (TPSA) is 13.0 Å². The first-order chi connectivity index (χ1) is 10.9. The summed E-state index contributed by atoms with van der Waals surface area (Å²) in [6, 6.07) is 0. The Kier molecular flexibility index (Phi) is 6.74. The molecule has 0 aromatic heterocycles. The van der Waals surface area contributed by atoms with Crippen molar-refractivity contribution in [3.63, 3.8) is 0 Å². The van der Waals surface area contributed by atoms with E-state index in [4.69, 9.17) is 0 Å². The van der Waals surface area contributed by atoms with Gasteiger partial charge in [-0.15, -0.1) is 0 Å². The van der Waals surface area contributed by atoms with Gasteiger partial charge in [0.1, 0.15) is 6.67 Å². The Morgan fingerprint density at radius 3 is 2.00 bits per heavy atom. The van der Waals surface area contributed by atoms with Gasteiger partial charge in [-0.25, -0.2) is 0 Å². The van der Waals surface area contributed by atoms with Gasteiger partial charge in [-0.05, 0) is 58.3 Å². The summed E-state index contributed by atoms with van der Waals surface area (Å²) in [5, 5.41) is 0. The van der Waals surface area contributed by atoms with E-state index in [9.17, 15) is 0 Å². The monoisotopic (exact) mass is 304 g/mol. The van der Waals surface area contributed by atoms with Crippen molar-refractivity contribution in [2.75, 3.05) is 65.4 Å². The van der Waals surface area contributed by atoms with E-state index in [1.807, 2.05) is 0 Å². The molecule has 3 rings (SSSR count). The molecule has 0 aromatic carbocycles. The summed E-state index contributed by atoms with van der Waals surface area (Å²) >= 11 is 0. The molecule has 2 radical (unpaired) electrons. The fourth-order valence-electron chi connectivity index (χ4n) is 3.73. The predicted molar refractivity (Wildman–Crippen MR) is 91.5 cm³/mol. The van der Waals surface area contributed by atoms with Gasteiger partial charge in [-0.3, -0.25) is 14.7 Å². The summed E-state index contributed by atoms with van der Waals surface area (Å²) in [5.41, 5.74) is 0. The summed E-state index contributed by atoms with van der Waals surface area (Å²) in [6.07, 6.45) is 11.2. The molecule has 3 aliphatic heterocycles. The van der Waals surface area contributed by atoms with Gasteiger partial charge in [0.15, 0.2) is 0 Å². The van der Waals surface area contributed by atoms with Crippen LogP contribution in [0.5, 0.6) is 0 Å². The molecule has 3 heterocycles. The Labute approximate surface area is 136 Å². The van der Waals surface area contributed by atoms with Gasteiger partial charge in [0.05, 0.1) is 0 Å². The molecular weight excluding hydrogens is 272 g/mol. The summed E-state index contributed by atoms with van der Waals surface area (Å²) in [5.74, 6) is 0. The fourth-order valence-corrected chi connectivity index (χ4v) is 3.73. The fraction of sp³-hybridized carbons (Fsp3) is 0.833. The van der Waals surface area contributed by atoms with Crippen molar-refractivity contribution >= 4 is 0 Å². The van der Waals surface area contributed by atoms with Crippen molar-refractivity contribution in [1.29, 1.82) is 0 Å². The minimum Gasteiger partial charge on any atom is -0.303 e. The van der Waals surface area contributed by atoms with E-state index in [1.54, 1.807) is 0 Å². The van der Waals surface area contributed by atoms with Crippen LogP contribution in [0.25, 0.3) is 0 Å². The standard InChI is InChI=1S/C18H32N4/c1-2-8-19(9-3-1)12-6-14-21-16-17-22(18-21)15-7-13-20-10-4-5-11-20/h1-2H,3-17H2. The molecule has 2 saturated heterocycles. The highest BCUT2D eigenvalue weighted by Gasteiger charge is 2.21. The molecule has 22 heavy (non-hydrogen) atoms. The number of rotatable bonds is 8. The van der Waals surface area contributed by atoms with E-state index in [0.29, 0.717) is 0 Å². The molecule has 0 N–H and O–H groups in total. The first kappa shape index (κ1) is 16.4. The van der Waals surface area contributed by atoms with Crippen molar-refractivity contribution in [3.05, 3.63) is 18.8 Å². The molecule has 0 atom stereocenters. The van der Waals surface area contributed by atoms with Crippen molar-refractivity contribution in [3.8, 4) is 0 Å². The third-order valence-corrected chi connectivity index (χ3v) is 5.07. The first-order valence-corrected chi connectivity index (χ1v) is 9.26. The average Bonchev–Trinajstić information content (AvgIpc) is 3.21. The molecule has 0 aliphatic carbocycles. The Hall–Kier alpha value is -0.420. The Morgan fingerprint density at radius 2 is 1.36 bits per heavy atom. The van der Waals surface area contributed by atoms with Crippen LogP contribution in [0.2, 0.25) is 0 Å². The SMILES string of the molecule is [C]1N(CCCN2CC=CCC2)CCN1CCCN1CCCC1. The van der Waals surface area contributed by atoms with E-state index in [-0.39, 0.29) is 0 Å². The Bertz CT molecular complexity index is 338. The zero-order chi connectivity index (χ0) is 15.0. The molecule has 0 spiro atoms. The van der Waals surface area contributed by atoms with Crippen molar-refractivity contribution in [2.45, 2.75) is 32.1 Å². The van der Waals surface area contributed by atoms with Gasteiger partial charge in [0.25, 0.3) is 0 Å². The molecule has 124 valence electrons. The van der Waals surface area contributed by atoms with E-state index < -0.39 is 0 Å². The summed E-state index contributed by atoms with van der Waals surface area (Å²) in [7, 11) is 0. The lowest BCUT2D eigenvalue weighted by molar-refractivity contribution is 0.258. The zero-order valence-corrected chi connectivity index (χ0v) is 14.1. The third-order valence-electron chi connectivity index (χ3n) is 5.07. The molecule has 4 heteroatoms. The van der Waals surface area contributed by atoms with Crippen LogP contribution in [0, 0.1) is 6.67 Å². The second kappa shape index (κ2) is 9.02. The quantitative estimate of drug-likeness (QED) is 0.633. The summed E-state index contributed by atoms with van der Waals surface area (Å²) in [4.78, 5) is 9.97. The number of nitrogens with zero attached hydrogens (tertiary/aromatic N) is 4. The minimum atomic E-state index is 1.15. The Balaban J connectivity index is 1.22. The maximum absolute atomic E-state index is 3.57. The van der Waals surface area contributed by atoms with Crippen LogP contribution < -0.4 is 0 Å². The van der Waals surface area contributed by atoms with Gasteiger partial charge >= 0.3 is 0 Å². The van der Waals surface area contributed by atoms with Gasteiger partial charge < -0.3 is 4.90 Å². The minimum absolute atomic E-state index is 1.15. The molecule has 4 nitrogen and oxygen atoms in total. The van der Waals surface area contributed by atoms with Crippen LogP contribution in [0.15, 0.2) is 12.2 Å². The van der Waals surface area contributed by atoms with Crippen LogP contribution in [0.3, 0.4) is 0 Å². The lowest BCUT2D eigenvalue weighted by Crippen LogP contribution is -2.31. The first-order valence-electron chi connectivity index (χ1n) is 9.26. The highest BCUT2D eigenvalue weighted by molar-refractivity contribution is 4.90.